The van der Waals surface area contributed by atoms with Gasteiger partial charge in [-0.05, 0) is 31.5 Å². The lowest BCUT2D eigenvalue weighted by Gasteiger charge is -2.13. The third kappa shape index (κ3) is 4.12. The largest absolute Gasteiger partial charge is 0.491 e. The molecule has 3 aromatic rings. The fourth-order valence-corrected chi connectivity index (χ4v) is 3.50. The summed E-state index contributed by atoms with van der Waals surface area (Å²) in [4.78, 5) is 12.4. The van der Waals surface area contributed by atoms with Crippen molar-refractivity contribution in [3.05, 3.63) is 59.0 Å². The zero-order valence-electron chi connectivity index (χ0n) is 14.4. The molecule has 0 bridgehead atoms. The highest BCUT2D eigenvalue weighted by Crippen LogP contribution is 2.37. The second-order valence-corrected chi connectivity index (χ2v) is 6.96. The lowest BCUT2D eigenvalue weighted by atomic mass is 10.2. The Bertz CT molecular complexity index is 868. The number of methoxy groups -OCH3 is 1. The minimum Gasteiger partial charge on any atom is -0.491 e. The van der Waals surface area contributed by atoms with E-state index in [0.717, 1.165) is 21.4 Å². The Morgan fingerprint density at radius 3 is 2.56 bits per heavy atom. The smallest absolute Gasteiger partial charge is 0.348 e. The first-order valence-corrected chi connectivity index (χ1v) is 8.87. The van der Waals surface area contributed by atoms with Crippen molar-refractivity contribution in [3.8, 4) is 11.5 Å². The fraction of sp³-hybridized carbons (Fsp3) is 0.250. The van der Waals surface area contributed by atoms with Crippen LogP contribution in [0.25, 0.3) is 10.1 Å². The fourth-order valence-electron chi connectivity index (χ4n) is 2.48. The highest BCUT2D eigenvalue weighted by atomic mass is 32.1. The lowest BCUT2D eigenvalue weighted by Crippen LogP contribution is -2.05. The highest BCUT2D eigenvalue weighted by molar-refractivity contribution is 7.20. The van der Waals surface area contributed by atoms with Crippen LogP contribution >= 0.6 is 11.3 Å². The monoisotopic (exact) mass is 356 g/mol. The molecule has 5 heteroatoms. The van der Waals surface area contributed by atoms with E-state index >= 15 is 0 Å². The van der Waals surface area contributed by atoms with Gasteiger partial charge in [0.05, 0.1) is 13.2 Å². The first-order chi connectivity index (χ1) is 12.1. The molecule has 0 saturated heterocycles. The van der Waals surface area contributed by atoms with Gasteiger partial charge in [-0.1, -0.05) is 30.3 Å². The van der Waals surface area contributed by atoms with Crippen LogP contribution in [-0.2, 0) is 11.3 Å². The highest BCUT2D eigenvalue weighted by Gasteiger charge is 2.16. The van der Waals surface area contributed by atoms with Gasteiger partial charge in [-0.3, -0.25) is 0 Å². The van der Waals surface area contributed by atoms with Gasteiger partial charge in [0.2, 0.25) is 0 Å². The van der Waals surface area contributed by atoms with E-state index in [9.17, 15) is 4.79 Å². The van der Waals surface area contributed by atoms with Crippen LogP contribution in [0.15, 0.2) is 48.5 Å². The van der Waals surface area contributed by atoms with Crippen LogP contribution in [0.4, 0.5) is 0 Å². The molecule has 0 atom stereocenters. The van der Waals surface area contributed by atoms with E-state index in [1.54, 1.807) is 0 Å². The van der Waals surface area contributed by atoms with Crippen molar-refractivity contribution in [2.24, 2.45) is 0 Å². The van der Waals surface area contributed by atoms with E-state index in [1.165, 1.54) is 18.4 Å². The summed E-state index contributed by atoms with van der Waals surface area (Å²) in [6.07, 6.45) is 0.0551. The van der Waals surface area contributed by atoms with Crippen molar-refractivity contribution in [1.29, 1.82) is 0 Å². The molecule has 0 spiro atoms. The summed E-state index contributed by atoms with van der Waals surface area (Å²) in [5.41, 5.74) is 1.08. The quantitative estimate of drug-likeness (QED) is 0.580. The van der Waals surface area contributed by atoms with Crippen molar-refractivity contribution in [2.75, 3.05) is 7.11 Å². The van der Waals surface area contributed by atoms with Gasteiger partial charge >= 0.3 is 5.97 Å². The maximum absolute atomic E-state index is 11.9. The number of ether oxygens (including phenoxy) is 3. The van der Waals surface area contributed by atoms with Crippen LogP contribution in [0.1, 0.15) is 29.1 Å². The summed E-state index contributed by atoms with van der Waals surface area (Å²) >= 11 is 1.37. The van der Waals surface area contributed by atoms with Crippen molar-refractivity contribution >= 4 is 27.4 Å². The molecule has 1 heterocycles. The van der Waals surface area contributed by atoms with E-state index in [2.05, 4.69) is 0 Å². The van der Waals surface area contributed by atoms with Crippen LogP contribution in [-0.4, -0.2) is 19.2 Å². The van der Waals surface area contributed by atoms with Crippen LogP contribution in [0.5, 0.6) is 11.5 Å². The van der Waals surface area contributed by atoms with Gasteiger partial charge in [-0.2, -0.15) is 0 Å². The molecule has 2 aromatic carbocycles. The van der Waals surface area contributed by atoms with E-state index in [4.69, 9.17) is 14.2 Å². The number of hydrogen-bond donors (Lipinski definition) is 0. The minimum atomic E-state index is -0.346. The van der Waals surface area contributed by atoms with Crippen LogP contribution < -0.4 is 9.47 Å². The van der Waals surface area contributed by atoms with Crippen LogP contribution in [0.2, 0.25) is 0 Å². The SMILES string of the molecule is COC(=O)c1cc2c(OCc3ccccc3)cc(OC(C)C)cc2s1. The molecule has 4 nitrogen and oxygen atoms in total. The number of benzene rings is 2. The van der Waals surface area contributed by atoms with E-state index in [0.29, 0.717) is 17.2 Å². The Balaban J connectivity index is 1.97. The lowest BCUT2D eigenvalue weighted by molar-refractivity contribution is 0.0606. The number of carbonyl (C=O) groups is 1. The first-order valence-electron chi connectivity index (χ1n) is 8.06. The summed E-state index contributed by atoms with van der Waals surface area (Å²) in [6, 6.07) is 15.6. The number of esters is 1. The van der Waals surface area contributed by atoms with Crippen LogP contribution in [0.3, 0.4) is 0 Å². The van der Waals surface area contributed by atoms with Gasteiger partial charge < -0.3 is 14.2 Å². The van der Waals surface area contributed by atoms with E-state index in [-0.39, 0.29) is 12.1 Å². The predicted octanol–water partition coefficient (Wildman–Crippen LogP) is 5.05. The molecule has 25 heavy (non-hydrogen) atoms. The summed E-state index contributed by atoms with van der Waals surface area (Å²) in [5, 5.41) is 0.887. The van der Waals surface area contributed by atoms with Crippen molar-refractivity contribution < 1.29 is 19.0 Å². The predicted molar refractivity (Wildman–Crippen MR) is 99.7 cm³/mol. The topological polar surface area (TPSA) is 44.8 Å². The zero-order chi connectivity index (χ0) is 17.8. The standard InChI is InChI=1S/C20H20O4S/c1-13(2)24-15-9-17(23-12-14-7-5-4-6-8-14)16-11-19(20(21)22-3)25-18(16)10-15/h4-11,13H,12H2,1-3H3. The van der Waals surface area contributed by atoms with Gasteiger partial charge in [-0.15, -0.1) is 11.3 Å². The molecule has 0 amide bonds. The molecule has 0 aliphatic heterocycles. The minimum absolute atomic E-state index is 0.0551. The molecular formula is C20H20O4S. The molecule has 130 valence electrons. The Labute approximate surface area is 151 Å². The van der Waals surface area contributed by atoms with E-state index < -0.39 is 0 Å². The van der Waals surface area contributed by atoms with Gasteiger partial charge in [-0.25, -0.2) is 4.79 Å². The average molecular weight is 356 g/mol. The number of hydrogen-bond acceptors (Lipinski definition) is 5. The van der Waals surface area contributed by atoms with Gasteiger partial charge in [0.25, 0.3) is 0 Å². The third-order valence-corrected chi connectivity index (χ3v) is 4.63. The van der Waals surface area contributed by atoms with Crippen LogP contribution in [0, 0.1) is 0 Å². The number of rotatable bonds is 6. The third-order valence-electron chi connectivity index (χ3n) is 3.57. The number of carbonyl (C=O) groups excluding carboxylic acids is 1. The second-order valence-electron chi connectivity index (χ2n) is 5.88. The Hall–Kier alpha value is -2.53. The molecular weight excluding hydrogens is 336 g/mol. The van der Waals surface area contributed by atoms with Gasteiger partial charge in [0.1, 0.15) is 23.0 Å². The first kappa shape index (κ1) is 17.3. The van der Waals surface area contributed by atoms with Gasteiger partial charge in [0.15, 0.2) is 0 Å². The Morgan fingerprint density at radius 2 is 1.88 bits per heavy atom. The molecule has 0 saturated carbocycles. The normalized spacial score (nSPS) is 10.9. The Kier molecular flexibility index (Phi) is 5.24. The number of fused-ring (bicyclic) bond motifs is 1. The Morgan fingerprint density at radius 1 is 1.12 bits per heavy atom. The average Bonchev–Trinajstić information content (AvgIpc) is 3.03. The van der Waals surface area contributed by atoms with Crippen molar-refractivity contribution in [1.82, 2.24) is 0 Å². The van der Waals surface area contributed by atoms with Gasteiger partial charge in [0, 0.05) is 16.2 Å². The summed E-state index contributed by atoms with van der Waals surface area (Å²) < 4.78 is 17.6. The number of thiophene rings is 1. The van der Waals surface area contributed by atoms with E-state index in [1.807, 2.05) is 62.4 Å². The maximum atomic E-state index is 11.9. The summed E-state index contributed by atoms with van der Waals surface area (Å²) in [6.45, 7) is 4.40. The molecule has 0 radical (unpaired) electrons. The molecule has 3 rings (SSSR count). The van der Waals surface area contributed by atoms with Crippen molar-refractivity contribution in [3.63, 3.8) is 0 Å². The molecule has 0 fully saturated rings. The van der Waals surface area contributed by atoms with Crippen molar-refractivity contribution in [2.45, 2.75) is 26.6 Å². The summed E-state index contributed by atoms with van der Waals surface area (Å²) in [7, 11) is 1.38. The zero-order valence-corrected chi connectivity index (χ0v) is 15.3. The molecule has 0 aliphatic carbocycles. The summed E-state index contributed by atoms with van der Waals surface area (Å²) in [5.74, 6) is 1.08. The molecule has 1 aromatic heterocycles. The second kappa shape index (κ2) is 7.57. The molecule has 0 unspecified atom stereocenters. The molecule has 0 aliphatic rings. The maximum Gasteiger partial charge on any atom is 0.348 e. The molecule has 0 N–H and O–H groups in total.